The number of aliphatic hydroxyl groups is 2. The fourth-order valence-electron chi connectivity index (χ4n) is 4.00. The van der Waals surface area contributed by atoms with Crippen LogP contribution in [-0.2, 0) is 0 Å². The number of benzene rings is 2. The standard InChI is InChI=1S/C22H29NO2/c1-23-19(15-21(24)17-9-4-2-5-10-17)13-8-14-20(23)16-22(25)18-11-6-3-7-12-18/h2-7,9-12,19-22,24-25H,8,13-16H2,1H3/t19-,20-,21?,22?/m0/s1. The van der Waals surface area contributed by atoms with Gasteiger partial charge in [0.25, 0.3) is 0 Å². The van der Waals surface area contributed by atoms with Gasteiger partial charge in [-0.1, -0.05) is 67.1 Å². The molecule has 3 heteroatoms. The van der Waals surface area contributed by atoms with Crippen molar-refractivity contribution in [2.45, 2.75) is 56.4 Å². The van der Waals surface area contributed by atoms with Crippen molar-refractivity contribution in [3.8, 4) is 0 Å². The van der Waals surface area contributed by atoms with E-state index in [1.54, 1.807) is 0 Å². The molecular formula is C22H29NO2. The second-order valence-electron chi connectivity index (χ2n) is 7.23. The molecule has 0 aromatic heterocycles. The van der Waals surface area contributed by atoms with Gasteiger partial charge in [0.15, 0.2) is 0 Å². The van der Waals surface area contributed by atoms with Crippen LogP contribution in [0.15, 0.2) is 60.7 Å². The SMILES string of the molecule is CN1[C@H](CC(O)c2ccccc2)CCC[C@H]1CC(O)c1ccccc1. The molecule has 0 radical (unpaired) electrons. The highest BCUT2D eigenvalue weighted by atomic mass is 16.3. The summed E-state index contributed by atoms with van der Waals surface area (Å²) >= 11 is 0. The van der Waals surface area contributed by atoms with Gasteiger partial charge in [-0.15, -0.1) is 0 Å². The van der Waals surface area contributed by atoms with Crippen LogP contribution in [0.25, 0.3) is 0 Å². The van der Waals surface area contributed by atoms with Crippen LogP contribution in [0.2, 0.25) is 0 Å². The van der Waals surface area contributed by atoms with Crippen LogP contribution >= 0.6 is 0 Å². The van der Waals surface area contributed by atoms with E-state index in [1.807, 2.05) is 60.7 Å². The van der Waals surface area contributed by atoms with Crippen molar-refractivity contribution in [3.63, 3.8) is 0 Å². The van der Waals surface area contributed by atoms with E-state index in [9.17, 15) is 10.2 Å². The molecule has 134 valence electrons. The molecule has 0 saturated carbocycles. The highest BCUT2D eigenvalue weighted by Crippen LogP contribution is 2.32. The molecule has 0 amide bonds. The molecule has 0 bridgehead atoms. The van der Waals surface area contributed by atoms with Crippen molar-refractivity contribution in [2.24, 2.45) is 0 Å². The Morgan fingerprint density at radius 1 is 0.800 bits per heavy atom. The number of nitrogens with zero attached hydrogens (tertiary/aromatic N) is 1. The van der Waals surface area contributed by atoms with Crippen LogP contribution < -0.4 is 0 Å². The van der Waals surface area contributed by atoms with E-state index in [4.69, 9.17) is 0 Å². The van der Waals surface area contributed by atoms with Crippen LogP contribution in [0.4, 0.5) is 0 Å². The fraction of sp³-hybridized carbons (Fsp3) is 0.455. The first-order chi connectivity index (χ1) is 12.1. The van der Waals surface area contributed by atoms with Crippen molar-refractivity contribution in [3.05, 3.63) is 71.8 Å². The van der Waals surface area contributed by atoms with Crippen molar-refractivity contribution in [1.82, 2.24) is 4.90 Å². The fourth-order valence-corrected chi connectivity index (χ4v) is 4.00. The average molecular weight is 339 g/mol. The summed E-state index contributed by atoms with van der Waals surface area (Å²) in [4.78, 5) is 2.38. The maximum Gasteiger partial charge on any atom is 0.0805 e. The number of piperidine rings is 1. The van der Waals surface area contributed by atoms with E-state index < -0.39 is 12.2 Å². The number of hydrogen-bond donors (Lipinski definition) is 2. The normalized spacial score (nSPS) is 24.0. The molecule has 2 unspecified atom stereocenters. The largest absolute Gasteiger partial charge is 0.388 e. The zero-order valence-corrected chi connectivity index (χ0v) is 15.0. The van der Waals surface area contributed by atoms with Gasteiger partial charge in [-0.25, -0.2) is 0 Å². The predicted molar refractivity (Wildman–Crippen MR) is 101 cm³/mol. The second-order valence-corrected chi connectivity index (χ2v) is 7.23. The molecule has 3 nitrogen and oxygen atoms in total. The van der Waals surface area contributed by atoms with Crippen LogP contribution in [0.1, 0.15) is 55.4 Å². The van der Waals surface area contributed by atoms with E-state index in [2.05, 4.69) is 11.9 Å². The number of rotatable bonds is 6. The average Bonchev–Trinajstić information content (AvgIpc) is 2.66. The number of likely N-dealkylation sites (tertiary alicyclic amines) is 1. The van der Waals surface area contributed by atoms with Crippen molar-refractivity contribution in [1.29, 1.82) is 0 Å². The van der Waals surface area contributed by atoms with E-state index in [-0.39, 0.29) is 0 Å². The topological polar surface area (TPSA) is 43.7 Å². The number of aliphatic hydroxyl groups excluding tert-OH is 2. The van der Waals surface area contributed by atoms with Crippen molar-refractivity contribution < 1.29 is 10.2 Å². The van der Waals surface area contributed by atoms with Gasteiger partial charge in [0.2, 0.25) is 0 Å². The van der Waals surface area contributed by atoms with Crippen molar-refractivity contribution >= 4 is 0 Å². The zero-order valence-electron chi connectivity index (χ0n) is 15.0. The molecule has 4 atom stereocenters. The Morgan fingerprint density at radius 3 is 1.60 bits per heavy atom. The van der Waals surface area contributed by atoms with Gasteiger partial charge in [0.05, 0.1) is 12.2 Å². The minimum Gasteiger partial charge on any atom is -0.388 e. The van der Waals surface area contributed by atoms with E-state index in [0.29, 0.717) is 12.1 Å². The van der Waals surface area contributed by atoms with Gasteiger partial charge in [-0.2, -0.15) is 0 Å². The molecular weight excluding hydrogens is 310 g/mol. The molecule has 1 fully saturated rings. The maximum atomic E-state index is 10.6. The molecule has 1 aliphatic heterocycles. The summed E-state index contributed by atoms with van der Waals surface area (Å²) in [5, 5.41) is 21.1. The molecule has 1 heterocycles. The van der Waals surface area contributed by atoms with Gasteiger partial charge in [-0.3, -0.25) is 0 Å². The predicted octanol–water partition coefficient (Wildman–Crippen LogP) is 4.09. The van der Waals surface area contributed by atoms with E-state index >= 15 is 0 Å². The van der Waals surface area contributed by atoms with Gasteiger partial charge in [0, 0.05) is 12.1 Å². The first kappa shape index (κ1) is 18.1. The summed E-state index contributed by atoms with van der Waals surface area (Å²) in [7, 11) is 2.14. The summed E-state index contributed by atoms with van der Waals surface area (Å²) in [6.07, 6.45) is 4.02. The van der Waals surface area contributed by atoms with Gasteiger partial charge in [0.1, 0.15) is 0 Å². The van der Waals surface area contributed by atoms with Crippen LogP contribution in [-0.4, -0.2) is 34.2 Å². The summed E-state index contributed by atoms with van der Waals surface area (Å²) < 4.78 is 0. The highest BCUT2D eigenvalue weighted by Gasteiger charge is 2.30. The lowest BCUT2D eigenvalue weighted by atomic mass is 9.88. The first-order valence-corrected chi connectivity index (χ1v) is 9.33. The molecule has 0 spiro atoms. The van der Waals surface area contributed by atoms with Gasteiger partial charge < -0.3 is 15.1 Å². The monoisotopic (exact) mass is 339 g/mol. The molecule has 2 aromatic rings. The molecule has 1 aliphatic rings. The van der Waals surface area contributed by atoms with Crippen LogP contribution in [0.5, 0.6) is 0 Å². The van der Waals surface area contributed by atoms with Crippen molar-refractivity contribution in [2.75, 3.05) is 7.05 Å². The molecule has 2 N–H and O–H groups in total. The molecule has 0 aliphatic carbocycles. The highest BCUT2D eigenvalue weighted by molar-refractivity contribution is 5.18. The molecule has 1 saturated heterocycles. The minimum absolute atomic E-state index is 0.358. The Bertz CT molecular complexity index is 575. The first-order valence-electron chi connectivity index (χ1n) is 9.33. The third-order valence-electron chi connectivity index (χ3n) is 5.59. The minimum atomic E-state index is -0.425. The molecule has 2 aromatic carbocycles. The molecule has 3 rings (SSSR count). The van der Waals surface area contributed by atoms with Crippen LogP contribution in [0, 0.1) is 0 Å². The Hall–Kier alpha value is -1.68. The lowest BCUT2D eigenvalue weighted by Gasteiger charge is -2.41. The number of hydrogen-bond acceptors (Lipinski definition) is 3. The lowest BCUT2D eigenvalue weighted by molar-refractivity contribution is 0.0350. The Balaban J connectivity index is 1.60. The lowest BCUT2D eigenvalue weighted by Crippen LogP contribution is -2.45. The van der Waals surface area contributed by atoms with E-state index in [0.717, 1.165) is 43.2 Å². The summed E-state index contributed by atoms with van der Waals surface area (Å²) in [5.41, 5.74) is 1.98. The van der Waals surface area contributed by atoms with Crippen LogP contribution in [0.3, 0.4) is 0 Å². The Kier molecular flexibility index (Phi) is 6.24. The third kappa shape index (κ3) is 4.69. The van der Waals surface area contributed by atoms with E-state index in [1.165, 1.54) is 0 Å². The smallest absolute Gasteiger partial charge is 0.0805 e. The molecule has 25 heavy (non-hydrogen) atoms. The maximum absolute atomic E-state index is 10.6. The second kappa shape index (κ2) is 8.61. The summed E-state index contributed by atoms with van der Waals surface area (Å²) in [5.74, 6) is 0. The Morgan fingerprint density at radius 2 is 1.20 bits per heavy atom. The summed E-state index contributed by atoms with van der Waals surface area (Å²) in [6.45, 7) is 0. The quantitative estimate of drug-likeness (QED) is 0.833. The van der Waals surface area contributed by atoms with Gasteiger partial charge >= 0.3 is 0 Å². The summed E-state index contributed by atoms with van der Waals surface area (Å²) in [6, 6.07) is 20.5. The zero-order chi connectivity index (χ0) is 17.6. The third-order valence-corrected chi connectivity index (χ3v) is 5.59. The van der Waals surface area contributed by atoms with Gasteiger partial charge in [-0.05, 0) is 43.9 Å². The Labute approximate surface area is 150 Å².